The molecule has 0 aliphatic rings. The second-order valence-corrected chi connectivity index (χ2v) is 5.21. The number of nitrogens with zero attached hydrogens (tertiary/aromatic N) is 2. The Morgan fingerprint density at radius 3 is 2.95 bits per heavy atom. The molecule has 0 atom stereocenters. The molecular weight excluding hydrogens is 266 g/mol. The number of rotatable bonds is 5. The number of hydrogen-bond acceptors (Lipinski definition) is 3. The molecule has 3 rings (SSSR count). The summed E-state index contributed by atoms with van der Waals surface area (Å²) in [5.74, 6) is 0.761. The predicted molar refractivity (Wildman–Crippen MR) is 83.9 cm³/mol. The number of aryl methyl sites for hydroxylation is 1. The summed E-state index contributed by atoms with van der Waals surface area (Å²) in [7, 11) is 1.63. The van der Waals surface area contributed by atoms with E-state index in [1.54, 1.807) is 18.0 Å². The summed E-state index contributed by atoms with van der Waals surface area (Å²) in [5.41, 5.74) is 2.17. The highest BCUT2D eigenvalue weighted by atomic mass is 16.5. The normalized spacial score (nSPS) is 11.3. The molecule has 5 nitrogen and oxygen atoms in total. The van der Waals surface area contributed by atoms with Crippen molar-refractivity contribution < 1.29 is 4.74 Å². The van der Waals surface area contributed by atoms with Crippen LogP contribution in [-0.4, -0.2) is 21.6 Å². The van der Waals surface area contributed by atoms with Crippen LogP contribution >= 0.6 is 0 Å². The minimum atomic E-state index is -0.00808. The molecule has 3 aromatic rings. The van der Waals surface area contributed by atoms with Gasteiger partial charge < -0.3 is 9.72 Å². The molecule has 0 spiro atoms. The maximum absolute atomic E-state index is 12.5. The average molecular weight is 285 g/mol. The lowest BCUT2D eigenvalue weighted by molar-refractivity contribution is 0.415. The van der Waals surface area contributed by atoms with Crippen LogP contribution in [0.1, 0.15) is 26.2 Å². The molecule has 0 fully saturated rings. The van der Waals surface area contributed by atoms with E-state index in [9.17, 15) is 4.79 Å². The Bertz CT molecular complexity index is 833. The van der Waals surface area contributed by atoms with Crippen LogP contribution in [0.3, 0.4) is 0 Å². The molecule has 0 aliphatic carbocycles. The van der Waals surface area contributed by atoms with Gasteiger partial charge in [-0.2, -0.15) is 0 Å². The minimum absolute atomic E-state index is 0.00808. The van der Waals surface area contributed by atoms with Crippen LogP contribution in [-0.2, 0) is 6.54 Å². The zero-order chi connectivity index (χ0) is 14.8. The van der Waals surface area contributed by atoms with Gasteiger partial charge in [0.2, 0.25) is 0 Å². The van der Waals surface area contributed by atoms with E-state index in [1.807, 2.05) is 18.2 Å². The van der Waals surface area contributed by atoms with Gasteiger partial charge in [-0.05, 0) is 24.6 Å². The van der Waals surface area contributed by atoms with Gasteiger partial charge in [0, 0.05) is 17.4 Å². The molecule has 2 aromatic heterocycles. The minimum Gasteiger partial charge on any atom is -0.497 e. The van der Waals surface area contributed by atoms with E-state index in [0.29, 0.717) is 17.6 Å². The Morgan fingerprint density at radius 2 is 2.19 bits per heavy atom. The number of methoxy groups -OCH3 is 1. The first-order valence-electron chi connectivity index (χ1n) is 7.29. The Balaban J connectivity index is 2.11. The summed E-state index contributed by atoms with van der Waals surface area (Å²) in [6.07, 6.45) is 4.90. The van der Waals surface area contributed by atoms with E-state index in [2.05, 4.69) is 16.9 Å². The van der Waals surface area contributed by atoms with Crippen molar-refractivity contribution in [2.45, 2.75) is 32.7 Å². The fourth-order valence-electron chi connectivity index (χ4n) is 2.59. The van der Waals surface area contributed by atoms with Crippen molar-refractivity contribution in [2.75, 3.05) is 7.11 Å². The molecule has 21 heavy (non-hydrogen) atoms. The monoisotopic (exact) mass is 285 g/mol. The van der Waals surface area contributed by atoms with Gasteiger partial charge in [-0.1, -0.05) is 19.8 Å². The average Bonchev–Trinajstić information content (AvgIpc) is 2.88. The molecule has 1 aromatic carbocycles. The summed E-state index contributed by atoms with van der Waals surface area (Å²) < 4.78 is 6.92. The first-order valence-corrected chi connectivity index (χ1v) is 7.29. The van der Waals surface area contributed by atoms with Crippen molar-refractivity contribution in [3.63, 3.8) is 0 Å². The van der Waals surface area contributed by atoms with Crippen LogP contribution in [0.5, 0.6) is 5.75 Å². The second-order valence-electron chi connectivity index (χ2n) is 5.21. The van der Waals surface area contributed by atoms with E-state index in [0.717, 1.165) is 35.9 Å². The van der Waals surface area contributed by atoms with Crippen LogP contribution in [0.2, 0.25) is 0 Å². The van der Waals surface area contributed by atoms with Gasteiger partial charge in [0.05, 0.1) is 13.4 Å². The Kier molecular flexibility index (Phi) is 3.64. The lowest BCUT2D eigenvalue weighted by Crippen LogP contribution is -2.20. The topological polar surface area (TPSA) is 59.9 Å². The van der Waals surface area contributed by atoms with Crippen molar-refractivity contribution in [2.24, 2.45) is 0 Å². The number of fused-ring (bicyclic) bond motifs is 3. The fraction of sp³-hybridized carbons (Fsp3) is 0.375. The van der Waals surface area contributed by atoms with Crippen LogP contribution in [0.25, 0.3) is 21.9 Å². The van der Waals surface area contributed by atoms with Crippen molar-refractivity contribution in [3.8, 4) is 5.75 Å². The number of H-pyrrole nitrogens is 1. The lowest BCUT2D eigenvalue weighted by atomic mass is 10.2. The maximum atomic E-state index is 12.5. The van der Waals surface area contributed by atoms with Crippen molar-refractivity contribution >= 4 is 21.9 Å². The van der Waals surface area contributed by atoms with Gasteiger partial charge in [0.15, 0.2) is 0 Å². The van der Waals surface area contributed by atoms with Crippen LogP contribution in [0.4, 0.5) is 0 Å². The molecule has 0 unspecified atom stereocenters. The summed E-state index contributed by atoms with van der Waals surface area (Å²) in [6, 6.07) is 5.69. The first kappa shape index (κ1) is 13.7. The van der Waals surface area contributed by atoms with Gasteiger partial charge in [-0.25, -0.2) is 4.98 Å². The summed E-state index contributed by atoms with van der Waals surface area (Å²) >= 11 is 0. The first-order chi connectivity index (χ1) is 10.2. The van der Waals surface area contributed by atoms with Crippen molar-refractivity contribution in [1.29, 1.82) is 0 Å². The molecule has 0 aliphatic heterocycles. The highest BCUT2D eigenvalue weighted by Crippen LogP contribution is 2.25. The third kappa shape index (κ3) is 2.39. The standard InChI is InChI=1S/C16H19N3O2/c1-3-4-5-8-19-10-17-14-12-9-11(21-2)6-7-13(12)18-15(14)16(19)20/h6-7,9-10,18H,3-5,8H2,1-2H3. The van der Waals surface area contributed by atoms with E-state index < -0.39 is 0 Å². The van der Waals surface area contributed by atoms with Crippen LogP contribution < -0.4 is 10.3 Å². The van der Waals surface area contributed by atoms with Crippen molar-refractivity contribution in [3.05, 3.63) is 34.9 Å². The number of ether oxygens (including phenoxy) is 1. The van der Waals surface area contributed by atoms with Crippen LogP contribution in [0.15, 0.2) is 29.3 Å². The third-order valence-electron chi connectivity index (χ3n) is 3.78. The zero-order valence-corrected chi connectivity index (χ0v) is 12.3. The summed E-state index contributed by atoms with van der Waals surface area (Å²) in [4.78, 5) is 20.1. The van der Waals surface area contributed by atoms with E-state index in [4.69, 9.17) is 4.74 Å². The molecule has 0 saturated carbocycles. The van der Waals surface area contributed by atoms with Crippen molar-refractivity contribution in [1.82, 2.24) is 14.5 Å². The molecule has 1 N–H and O–H groups in total. The molecule has 0 radical (unpaired) electrons. The number of aromatic nitrogens is 3. The highest BCUT2D eigenvalue weighted by molar-refractivity contribution is 6.04. The second kappa shape index (κ2) is 5.60. The number of unbranched alkanes of at least 4 members (excludes halogenated alkanes) is 2. The Labute approximate surface area is 122 Å². The molecule has 0 saturated heterocycles. The summed E-state index contributed by atoms with van der Waals surface area (Å²) in [5, 5.41) is 0.919. The highest BCUT2D eigenvalue weighted by Gasteiger charge is 2.11. The zero-order valence-electron chi connectivity index (χ0n) is 12.3. The lowest BCUT2D eigenvalue weighted by Gasteiger charge is -2.04. The third-order valence-corrected chi connectivity index (χ3v) is 3.78. The Hall–Kier alpha value is -2.30. The molecule has 0 amide bonds. The Morgan fingerprint density at radius 1 is 1.33 bits per heavy atom. The van der Waals surface area contributed by atoms with E-state index in [-0.39, 0.29) is 5.56 Å². The predicted octanol–water partition coefficient (Wildman–Crippen LogP) is 3.08. The SMILES string of the molecule is CCCCCn1cnc2c([nH]c3ccc(OC)cc32)c1=O. The fourth-order valence-corrected chi connectivity index (χ4v) is 2.59. The van der Waals surface area contributed by atoms with Gasteiger partial charge in [-0.3, -0.25) is 9.36 Å². The molecule has 2 heterocycles. The maximum Gasteiger partial charge on any atom is 0.277 e. The number of hydrogen-bond donors (Lipinski definition) is 1. The summed E-state index contributed by atoms with van der Waals surface area (Å²) in [6.45, 7) is 2.86. The molecule has 110 valence electrons. The van der Waals surface area contributed by atoms with E-state index in [1.165, 1.54) is 0 Å². The van der Waals surface area contributed by atoms with Gasteiger partial charge >= 0.3 is 0 Å². The van der Waals surface area contributed by atoms with Gasteiger partial charge in [0.1, 0.15) is 16.8 Å². The molecule has 0 bridgehead atoms. The quantitative estimate of drug-likeness (QED) is 0.733. The molecular formula is C16H19N3O2. The van der Waals surface area contributed by atoms with Gasteiger partial charge in [-0.15, -0.1) is 0 Å². The number of benzene rings is 1. The smallest absolute Gasteiger partial charge is 0.277 e. The number of nitrogens with one attached hydrogen (secondary N) is 1. The molecule has 5 heteroatoms. The van der Waals surface area contributed by atoms with Gasteiger partial charge in [0.25, 0.3) is 5.56 Å². The number of aromatic amines is 1. The largest absolute Gasteiger partial charge is 0.497 e. The van der Waals surface area contributed by atoms with E-state index >= 15 is 0 Å². The van der Waals surface area contributed by atoms with Crippen LogP contribution in [0, 0.1) is 0 Å².